The van der Waals surface area contributed by atoms with Gasteiger partial charge >= 0.3 is 7.60 Å². The zero-order chi connectivity index (χ0) is 9.61. The van der Waals surface area contributed by atoms with Crippen LogP contribution in [0.4, 0.5) is 0 Å². The minimum atomic E-state index is -3.46. The van der Waals surface area contributed by atoms with Crippen LogP contribution < -0.4 is 5.73 Å². The fraction of sp³-hybridized carbons (Fsp3) is 0.750. The van der Waals surface area contributed by atoms with E-state index >= 15 is 0 Å². The van der Waals surface area contributed by atoms with Gasteiger partial charge in [-0.1, -0.05) is 10.8 Å². The van der Waals surface area contributed by atoms with Gasteiger partial charge in [0.2, 0.25) is 0 Å². The van der Waals surface area contributed by atoms with Crippen LogP contribution in [-0.2, 0) is 9.09 Å². The van der Waals surface area contributed by atoms with Crippen molar-refractivity contribution in [3.05, 3.63) is 0 Å². The van der Waals surface area contributed by atoms with Crippen molar-refractivity contribution in [3.63, 3.8) is 0 Å². The number of hydrogen-bond donors (Lipinski definition) is 3. The normalized spacial score (nSPS) is 15.5. The number of hydrogen-bond acceptors (Lipinski definition) is 5. The van der Waals surface area contributed by atoms with Crippen LogP contribution in [0.3, 0.4) is 0 Å². The second-order valence-corrected chi connectivity index (χ2v) is 6.36. The highest BCUT2D eigenvalue weighted by Crippen LogP contribution is 2.47. The van der Waals surface area contributed by atoms with Gasteiger partial charge in [0.25, 0.3) is 0 Å². The lowest BCUT2D eigenvalue weighted by Gasteiger charge is -2.08. The first-order chi connectivity index (χ1) is 5.48. The molecule has 0 saturated heterocycles. The highest BCUT2D eigenvalue weighted by molar-refractivity contribution is 8.82. The van der Waals surface area contributed by atoms with Crippen LogP contribution in [0.15, 0.2) is 0 Å². The van der Waals surface area contributed by atoms with Crippen LogP contribution in [0.1, 0.15) is 6.92 Å². The van der Waals surface area contributed by atoms with Crippen molar-refractivity contribution >= 4 is 34.4 Å². The quantitative estimate of drug-likeness (QED) is 0.286. The monoisotopic (exact) mass is 230 g/mol. The van der Waals surface area contributed by atoms with Crippen LogP contribution in [0.2, 0.25) is 0 Å². The molecule has 0 rings (SSSR count). The average Bonchev–Trinajstić information content (AvgIpc) is 1.85. The van der Waals surface area contributed by atoms with Crippen molar-refractivity contribution in [2.45, 2.75) is 6.92 Å². The van der Waals surface area contributed by atoms with Gasteiger partial charge in [-0.15, -0.1) is 0 Å². The number of rotatable bonds is 5. The molecule has 0 aliphatic heterocycles. The molecule has 0 spiro atoms. The first-order valence-electron chi connectivity index (χ1n) is 3.08. The number of nitrogens with two attached hydrogens (primary N) is 1. The maximum atomic E-state index is 11.0. The minimum Gasteiger partial charge on any atom is -0.378 e. The second-order valence-electron chi connectivity index (χ2n) is 1.75. The third kappa shape index (κ3) is 7.00. The van der Waals surface area contributed by atoms with Gasteiger partial charge < -0.3 is 15.2 Å². The Morgan fingerprint density at radius 3 is 2.83 bits per heavy atom. The topological polar surface area (TPSA) is 96.4 Å². The average molecular weight is 230 g/mol. The summed E-state index contributed by atoms with van der Waals surface area (Å²) in [6.45, 7) is 1.85. The molecule has 0 heterocycles. The summed E-state index contributed by atoms with van der Waals surface area (Å²) in [7, 11) is -1.47. The summed E-state index contributed by atoms with van der Waals surface area (Å²) in [6.07, 6.45) is 0. The van der Waals surface area contributed by atoms with Crippen molar-refractivity contribution in [2.75, 3.05) is 12.1 Å². The van der Waals surface area contributed by atoms with Gasteiger partial charge in [0.15, 0.2) is 5.17 Å². The maximum Gasteiger partial charge on any atom is 0.338 e. The summed E-state index contributed by atoms with van der Waals surface area (Å²) in [5.74, 6) is 0. The Morgan fingerprint density at radius 1 is 1.83 bits per heavy atom. The molecule has 12 heavy (non-hydrogen) atoms. The molecular weight excluding hydrogens is 219 g/mol. The summed E-state index contributed by atoms with van der Waals surface area (Å²) in [5, 5.41) is 6.73. The Bertz CT molecular complexity index is 201. The third-order valence-electron chi connectivity index (χ3n) is 0.695. The Labute approximate surface area is 78.9 Å². The highest BCUT2D eigenvalue weighted by atomic mass is 33.1. The van der Waals surface area contributed by atoms with E-state index < -0.39 is 7.60 Å². The standard InChI is InChI=1S/C4H11N2O3PS2/c1-2-9-10(7,8)3-11-12-4(5)6/h2-3H2,1H3,(H3,5,6)(H,7,8). The van der Waals surface area contributed by atoms with Gasteiger partial charge in [-0.2, -0.15) is 0 Å². The van der Waals surface area contributed by atoms with Gasteiger partial charge in [-0.25, -0.2) is 0 Å². The lowest BCUT2D eigenvalue weighted by molar-refractivity contribution is 0.278. The molecule has 5 nitrogen and oxygen atoms in total. The van der Waals surface area contributed by atoms with E-state index in [9.17, 15) is 4.57 Å². The zero-order valence-electron chi connectivity index (χ0n) is 6.52. The van der Waals surface area contributed by atoms with E-state index in [4.69, 9.17) is 16.0 Å². The van der Waals surface area contributed by atoms with Crippen molar-refractivity contribution in [1.29, 1.82) is 5.41 Å². The molecule has 0 aliphatic carbocycles. The molecule has 0 aliphatic rings. The van der Waals surface area contributed by atoms with E-state index in [-0.39, 0.29) is 17.3 Å². The van der Waals surface area contributed by atoms with Crippen LogP contribution in [0.25, 0.3) is 0 Å². The zero-order valence-corrected chi connectivity index (χ0v) is 9.05. The Hall–Kier alpha value is 0.320. The van der Waals surface area contributed by atoms with E-state index in [1.165, 1.54) is 0 Å². The van der Waals surface area contributed by atoms with Gasteiger partial charge in [-0.3, -0.25) is 9.97 Å². The molecule has 1 unspecified atom stereocenters. The van der Waals surface area contributed by atoms with Gasteiger partial charge in [0, 0.05) is 0 Å². The minimum absolute atomic E-state index is 0.0505. The molecule has 0 saturated carbocycles. The molecule has 72 valence electrons. The lowest BCUT2D eigenvalue weighted by atomic mass is 10.9. The van der Waals surface area contributed by atoms with E-state index in [0.29, 0.717) is 0 Å². The molecule has 0 radical (unpaired) electrons. The van der Waals surface area contributed by atoms with Gasteiger partial charge in [-0.05, 0) is 17.7 Å². The summed E-state index contributed by atoms with van der Waals surface area (Å²) >= 11 is 0. The molecular formula is C4H11N2O3PS2. The Balaban J connectivity index is 3.61. The van der Waals surface area contributed by atoms with Crippen molar-refractivity contribution in [3.8, 4) is 0 Å². The smallest absolute Gasteiger partial charge is 0.338 e. The molecule has 0 amide bonds. The molecule has 4 N–H and O–H groups in total. The summed E-state index contributed by atoms with van der Waals surface area (Å²) < 4.78 is 15.6. The van der Waals surface area contributed by atoms with Crippen molar-refractivity contribution < 1.29 is 14.0 Å². The number of amidine groups is 1. The van der Waals surface area contributed by atoms with E-state index in [1.54, 1.807) is 6.92 Å². The number of nitrogens with one attached hydrogen (secondary N) is 1. The molecule has 1 atom stereocenters. The summed E-state index contributed by atoms with van der Waals surface area (Å²) in [4.78, 5) is 9.02. The Kier molecular flexibility index (Phi) is 6.04. The molecule has 0 aromatic carbocycles. The van der Waals surface area contributed by atoms with Crippen LogP contribution in [0, 0.1) is 5.41 Å². The molecule has 8 heteroatoms. The fourth-order valence-corrected chi connectivity index (χ4v) is 4.02. The van der Waals surface area contributed by atoms with Crippen LogP contribution >= 0.6 is 29.2 Å². The van der Waals surface area contributed by atoms with Crippen molar-refractivity contribution in [1.82, 2.24) is 0 Å². The molecule has 0 aromatic heterocycles. The van der Waals surface area contributed by atoms with E-state index in [1.807, 2.05) is 0 Å². The second kappa shape index (κ2) is 5.88. The van der Waals surface area contributed by atoms with Gasteiger partial charge in [0.05, 0.1) is 6.61 Å². The van der Waals surface area contributed by atoms with Crippen LogP contribution in [-0.4, -0.2) is 22.2 Å². The molecule has 0 bridgehead atoms. The predicted octanol–water partition coefficient (Wildman–Crippen LogP) is 1.44. The highest BCUT2D eigenvalue weighted by Gasteiger charge is 2.18. The largest absolute Gasteiger partial charge is 0.378 e. The molecule has 0 fully saturated rings. The maximum absolute atomic E-state index is 11.0. The van der Waals surface area contributed by atoms with E-state index in [0.717, 1.165) is 21.6 Å². The van der Waals surface area contributed by atoms with Crippen molar-refractivity contribution in [2.24, 2.45) is 5.73 Å². The first kappa shape index (κ1) is 12.3. The predicted molar refractivity (Wildman–Crippen MR) is 53.4 cm³/mol. The van der Waals surface area contributed by atoms with Crippen LogP contribution in [0.5, 0.6) is 0 Å². The lowest BCUT2D eigenvalue weighted by Crippen LogP contribution is -2.01. The Morgan fingerprint density at radius 2 is 2.42 bits per heavy atom. The summed E-state index contributed by atoms with van der Waals surface area (Å²) in [5.41, 5.74) is 4.96. The summed E-state index contributed by atoms with van der Waals surface area (Å²) in [6, 6.07) is 0. The fourth-order valence-electron chi connectivity index (χ4n) is 0.395. The first-order valence-corrected chi connectivity index (χ1v) is 7.16. The van der Waals surface area contributed by atoms with E-state index in [2.05, 4.69) is 4.52 Å². The SMILES string of the molecule is CCOP(=O)(O)CSSC(=N)N. The van der Waals surface area contributed by atoms with Gasteiger partial charge in [0.1, 0.15) is 5.49 Å². The third-order valence-corrected chi connectivity index (χ3v) is 5.22. The molecule has 0 aromatic rings.